The van der Waals surface area contributed by atoms with E-state index >= 15 is 0 Å². The fourth-order valence-electron chi connectivity index (χ4n) is 3.06. The molecule has 21 heavy (non-hydrogen) atoms. The van der Waals surface area contributed by atoms with Crippen LogP contribution in [0.1, 0.15) is 24.9 Å². The number of fused-ring (bicyclic) bond motifs is 1. The van der Waals surface area contributed by atoms with Crippen LogP contribution in [0, 0.1) is 5.92 Å². The van der Waals surface area contributed by atoms with Crippen molar-refractivity contribution in [2.45, 2.75) is 19.4 Å². The summed E-state index contributed by atoms with van der Waals surface area (Å²) in [6, 6.07) is 8.44. The first-order valence-electron chi connectivity index (χ1n) is 7.15. The van der Waals surface area contributed by atoms with Crippen molar-refractivity contribution >= 4 is 11.5 Å². The molecule has 0 amide bonds. The highest BCUT2D eigenvalue weighted by atomic mass is 15.4. The highest BCUT2D eigenvalue weighted by Gasteiger charge is 2.32. The van der Waals surface area contributed by atoms with E-state index in [9.17, 15) is 0 Å². The van der Waals surface area contributed by atoms with Crippen LogP contribution in [0.2, 0.25) is 0 Å². The van der Waals surface area contributed by atoms with Crippen molar-refractivity contribution in [2.75, 3.05) is 11.4 Å². The van der Waals surface area contributed by atoms with Gasteiger partial charge in [0, 0.05) is 18.9 Å². The van der Waals surface area contributed by atoms with Crippen LogP contribution < -0.4 is 4.90 Å². The lowest BCUT2D eigenvalue weighted by atomic mass is 10.0. The molecule has 4 heterocycles. The largest absolute Gasteiger partial charge is 0.348 e. The van der Waals surface area contributed by atoms with Gasteiger partial charge in [0.05, 0.1) is 6.04 Å². The molecular weight excluding hydrogens is 264 g/mol. The first kappa shape index (κ1) is 12.3. The third-order valence-electron chi connectivity index (χ3n) is 4.02. The Morgan fingerprint density at radius 3 is 3.05 bits per heavy atom. The van der Waals surface area contributed by atoms with Crippen molar-refractivity contribution < 1.29 is 0 Å². The summed E-state index contributed by atoms with van der Waals surface area (Å²) in [6.07, 6.45) is 6.52. The molecule has 3 aromatic heterocycles. The van der Waals surface area contributed by atoms with E-state index in [1.54, 1.807) is 10.8 Å². The van der Waals surface area contributed by atoms with Crippen molar-refractivity contribution in [2.24, 2.45) is 5.92 Å². The summed E-state index contributed by atoms with van der Waals surface area (Å²) in [5, 5.41) is 12.5. The van der Waals surface area contributed by atoms with Crippen LogP contribution >= 0.6 is 0 Å². The standard InChI is InChI=1S/C15H16N6/c1-11-7-13(12-3-2-6-16-8-12)20(9-11)15-5-4-14-18-17-10-21(14)19-15/h2-6,8,10-11,13H,7,9H2,1H3. The molecule has 1 saturated heterocycles. The molecule has 4 rings (SSSR count). The van der Waals surface area contributed by atoms with Crippen molar-refractivity contribution in [3.63, 3.8) is 0 Å². The van der Waals surface area contributed by atoms with Gasteiger partial charge in [0.25, 0.3) is 0 Å². The van der Waals surface area contributed by atoms with Crippen molar-refractivity contribution in [3.8, 4) is 0 Å². The van der Waals surface area contributed by atoms with E-state index in [2.05, 4.69) is 38.2 Å². The van der Waals surface area contributed by atoms with Crippen LogP contribution in [-0.4, -0.2) is 31.3 Å². The van der Waals surface area contributed by atoms with E-state index in [-0.39, 0.29) is 0 Å². The average molecular weight is 280 g/mol. The molecular formula is C15H16N6. The number of aromatic nitrogens is 5. The third kappa shape index (κ3) is 2.12. The van der Waals surface area contributed by atoms with E-state index in [4.69, 9.17) is 0 Å². The van der Waals surface area contributed by atoms with Gasteiger partial charge in [-0.25, -0.2) is 0 Å². The fourth-order valence-corrected chi connectivity index (χ4v) is 3.06. The van der Waals surface area contributed by atoms with Crippen LogP contribution in [0.4, 0.5) is 5.82 Å². The Morgan fingerprint density at radius 2 is 2.19 bits per heavy atom. The minimum atomic E-state index is 0.329. The van der Waals surface area contributed by atoms with Crippen molar-refractivity contribution in [1.29, 1.82) is 0 Å². The molecule has 0 saturated carbocycles. The molecule has 0 radical (unpaired) electrons. The Morgan fingerprint density at radius 1 is 1.24 bits per heavy atom. The summed E-state index contributed by atoms with van der Waals surface area (Å²) in [5.41, 5.74) is 2.01. The molecule has 0 spiro atoms. The smallest absolute Gasteiger partial charge is 0.177 e. The molecule has 0 bridgehead atoms. The Labute approximate surface area is 122 Å². The van der Waals surface area contributed by atoms with E-state index in [1.807, 2.05) is 30.6 Å². The van der Waals surface area contributed by atoms with Gasteiger partial charge >= 0.3 is 0 Å². The lowest BCUT2D eigenvalue weighted by molar-refractivity contribution is 0.616. The Kier molecular flexibility index (Phi) is 2.80. The minimum Gasteiger partial charge on any atom is -0.348 e. The van der Waals surface area contributed by atoms with Gasteiger partial charge in [-0.2, -0.15) is 4.52 Å². The molecule has 0 N–H and O–H groups in total. The van der Waals surface area contributed by atoms with Gasteiger partial charge in [-0.05, 0) is 36.1 Å². The third-order valence-corrected chi connectivity index (χ3v) is 4.02. The van der Waals surface area contributed by atoms with Crippen LogP contribution in [0.25, 0.3) is 5.65 Å². The molecule has 3 aromatic rings. The second-order valence-electron chi connectivity index (χ2n) is 5.62. The zero-order chi connectivity index (χ0) is 14.2. The Hall–Kier alpha value is -2.50. The number of rotatable bonds is 2. The van der Waals surface area contributed by atoms with Crippen molar-refractivity contribution in [1.82, 2.24) is 24.8 Å². The molecule has 1 aliphatic heterocycles. The maximum absolute atomic E-state index is 4.62. The first-order valence-corrected chi connectivity index (χ1v) is 7.15. The van der Waals surface area contributed by atoms with Gasteiger partial charge in [0.15, 0.2) is 5.65 Å². The monoisotopic (exact) mass is 280 g/mol. The number of hydrogen-bond donors (Lipinski definition) is 0. The predicted octanol–water partition coefficient (Wildman–Crippen LogP) is 2.11. The van der Waals surface area contributed by atoms with E-state index in [0.717, 1.165) is 24.4 Å². The van der Waals surface area contributed by atoms with Gasteiger partial charge in [0.2, 0.25) is 0 Å². The minimum absolute atomic E-state index is 0.329. The average Bonchev–Trinajstić information content (AvgIpc) is 3.13. The molecule has 6 nitrogen and oxygen atoms in total. The number of nitrogens with zero attached hydrogens (tertiary/aromatic N) is 6. The predicted molar refractivity (Wildman–Crippen MR) is 78.9 cm³/mol. The maximum Gasteiger partial charge on any atom is 0.177 e. The lowest BCUT2D eigenvalue weighted by Gasteiger charge is -2.25. The molecule has 2 atom stereocenters. The molecule has 6 heteroatoms. The number of anilines is 1. The summed E-state index contributed by atoms with van der Waals surface area (Å²) in [6.45, 7) is 3.28. The second-order valence-corrected chi connectivity index (χ2v) is 5.62. The van der Waals surface area contributed by atoms with Gasteiger partial charge < -0.3 is 4.90 Å². The Balaban J connectivity index is 1.74. The maximum atomic E-state index is 4.62. The first-order chi connectivity index (χ1) is 10.3. The van der Waals surface area contributed by atoms with Crippen LogP contribution in [-0.2, 0) is 0 Å². The molecule has 0 aliphatic carbocycles. The molecule has 106 valence electrons. The highest BCUT2D eigenvalue weighted by Crippen LogP contribution is 2.37. The van der Waals surface area contributed by atoms with Gasteiger partial charge in [-0.1, -0.05) is 13.0 Å². The normalized spacial score (nSPS) is 22.0. The van der Waals surface area contributed by atoms with Gasteiger partial charge in [-0.3, -0.25) is 4.98 Å². The lowest BCUT2D eigenvalue weighted by Crippen LogP contribution is -2.24. The summed E-state index contributed by atoms with van der Waals surface area (Å²) >= 11 is 0. The second kappa shape index (κ2) is 4.80. The van der Waals surface area contributed by atoms with E-state index in [1.165, 1.54) is 5.56 Å². The quantitative estimate of drug-likeness (QED) is 0.719. The van der Waals surface area contributed by atoms with Crippen LogP contribution in [0.5, 0.6) is 0 Å². The van der Waals surface area contributed by atoms with Crippen molar-refractivity contribution in [3.05, 3.63) is 48.5 Å². The molecule has 1 fully saturated rings. The van der Waals surface area contributed by atoms with Crippen LogP contribution in [0.15, 0.2) is 43.0 Å². The molecule has 1 aliphatic rings. The summed E-state index contributed by atoms with van der Waals surface area (Å²) in [4.78, 5) is 6.60. The van der Waals surface area contributed by atoms with Gasteiger partial charge in [-0.15, -0.1) is 15.3 Å². The van der Waals surface area contributed by atoms with Gasteiger partial charge in [0.1, 0.15) is 12.1 Å². The summed E-state index contributed by atoms with van der Waals surface area (Å²) in [5.74, 6) is 1.59. The molecule has 0 aromatic carbocycles. The topological polar surface area (TPSA) is 59.2 Å². The zero-order valence-electron chi connectivity index (χ0n) is 11.8. The number of hydrogen-bond acceptors (Lipinski definition) is 5. The SMILES string of the molecule is CC1CC(c2cccnc2)N(c2ccc3nncn3n2)C1. The number of pyridine rings is 1. The van der Waals surface area contributed by atoms with Crippen LogP contribution in [0.3, 0.4) is 0 Å². The Bertz CT molecular complexity index is 753. The van der Waals surface area contributed by atoms with E-state index < -0.39 is 0 Å². The fraction of sp³-hybridized carbons (Fsp3) is 0.333. The highest BCUT2D eigenvalue weighted by molar-refractivity contribution is 5.48. The zero-order valence-corrected chi connectivity index (χ0v) is 11.8. The molecule has 2 unspecified atom stereocenters. The summed E-state index contributed by atoms with van der Waals surface area (Å²) < 4.78 is 1.72. The summed E-state index contributed by atoms with van der Waals surface area (Å²) in [7, 11) is 0. The van der Waals surface area contributed by atoms with E-state index in [0.29, 0.717) is 12.0 Å².